The third-order valence-corrected chi connectivity index (χ3v) is 2.99. The molecule has 0 radical (unpaired) electrons. The molecule has 1 aromatic carbocycles. The maximum absolute atomic E-state index is 11.9. The van der Waals surface area contributed by atoms with Gasteiger partial charge in [0.2, 0.25) is 0 Å². The van der Waals surface area contributed by atoms with E-state index in [9.17, 15) is 4.79 Å². The molecule has 0 unspecified atom stereocenters. The first-order valence-electron chi connectivity index (χ1n) is 7.02. The summed E-state index contributed by atoms with van der Waals surface area (Å²) in [6, 6.07) is 7.01. The standard InChI is InChI=1S/C17H21NO4/c1-12(2)7-8-22-17(19)14(11-18)9-13-5-6-15(20-3)16(10-13)21-4/h5-6,9-10,12H,7-8H2,1-4H3. The Balaban J connectivity index is 2.88. The number of carbonyl (C=O) groups excluding carboxylic acids is 1. The molecule has 5 nitrogen and oxygen atoms in total. The number of rotatable bonds is 7. The Bertz CT molecular complexity index is 585. The highest BCUT2D eigenvalue weighted by atomic mass is 16.5. The number of methoxy groups -OCH3 is 2. The van der Waals surface area contributed by atoms with Crippen molar-refractivity contribution < 1.29 is 19.0 Å². The molecule has 1 aromatic rings. The second-order valence-corrected chi connectivity index (χ2v) is 5.10. The number of nitrogens with zero attached hydrogens (tertiary/aromatic N) is 1. The molecule has 0 fully saturated rings. The van der Waals surface area contributed by atoms with Crippen molar-refractivity contribution in [1.82, 2.24) is 0 Å². The van der Waals surface area contributed by atoms with Crippen LogP contribution in [0.2, 0.25) is 0 Å². The number of benzene rings is 1. The van der Waals surface area contributed by atoms with Gasteiger partial charge in [-0.3, -0.25) is 0 Å². The topological polar surface area (TPSA) is 68.5 Å². The van der Waals surface area contributed by atoms with E-state index < -0.39 is 5.97 Å². The van der Waals surface area contributed by atoms with Gasteiger partial charge in [-0.25, -0.2) is 4.79 Å². The molecule has 0 atom stereocenters. The minimum atomic E-state index is -0.613. The maximum Gasteiger partial charge on any atom is 0.348 e. The molecule has 0 aliphatic carbocycles. The average Bonchev–Trinajstić information content (AvgIpc) is 2.51. The van der Waals surface area contributed by atoms with Crippen LogP contribution in [-0.2, 0) is 9.53 Å². The van der Waals surface area contributed by atoms with Crippen LogP contribution in [0, 0.1) is 17.2 Å². The fourth-order valence-electron chi connectivity index (χ4n) is 1.71. The summed E-state index contributed by atoms with van der Waals surface area (Å²) in [5.41, 5.74) is 0.617. The summed E-state index contributed by atoms with van der Waals surface area (Å²) in [6.45, 7) is 4.39. The summed E-state index contributed by atoms with van der Waals surface area (Å²) in [6.07, 6.45) is 2.24. The lowest BCUT2D eigenvalue weighted by atomic mass is 10.1. The smallest absolute Gasteiger partial charge is 0.348 e. The molecule has 0 amide bonds. The SMILES string of the molecule is COc1ccc(C=C(C#N)C(=O)OCCC(C)C)cc1OC. The quantitative estimate of drug-likeness (QED) is 0.439. The predicted octanol–water partition coefficient (Wildman–Crippen LogP) is 3.20. The van der Waals surface area contributed by atoms with Gasteiger partial charge in [0, 0.05) is 0 Å². The number of ether oxygens (including phenoxy) is 3. The highest BCUT2D eigenvalue weighted by molar-refractivity contribution is 5.97. The summed E-state index contributed by atoms with van der Waals surface area (Å²) in [5.74, 6) is 0.936. The number of esters is 1. The minimum Gasteiger partial charge on any atom is -0.493 e. The van der Waals surface area contributed by atoms with Crippen LogP contribution in [0.4, 0.5) is 0 Å². The molecule has 22 heavy (non-hydrogen) atoms. The Kier molecular flexibility index (Phi) is 6.97. The fraction of sp³-hybridized carbons (Fsp3) is 0.412. The zero-order valence-electron chi connectivity index (χ0n) is 13.4. The van der Waals surface area contributed by atoms with E-state index in [-0.39, 0.29) is 5.57 Å². The van der Waals surface area contributed by atoms with Gasteiger partial charge in [0.05, 0.1) is 20.8 Å². The summed E-state index contributed by atoms with van der Waals surface area (Å²) in [7, 11) is 3.07. The van der Waals surface area contributed by atoms with Crippen LogP contribution < -0.4 is 9.47 Å². The number of carbonyl (C=O) groups is 1. The first-order chi connectivity index (χ1) is 10.5. The van der Waals surface area contributed by atoms with Crippen molar-refractivity contribution in [2.24, 2.45) is 5.92 Å². The third kappa shape index (κ3) is 5.13. The lowest BCUT2D eigenvalue weighted by Crippen LogP contribution is -2.09. The Labute approximate surface area is 131 Å². The Hall–Kier alpha value is -2.48. The van der Waals surface area contributed by atoms with Gasteiger partial charge in [-0.05, 0) is 36.1 Å². The van der Waals surface area contributed by atoms with Crippen LogP contribution in [0.5, 0.6) is 11.5 Å². The molecule has 0 aliphatic heterocycles. The minimum absolute atomic E-state index is 0.0454. The molecule has 0 spiro atoms. The number of hydrogen-bond acceptors (Lipinski definition) is 5. The van der Waals surface area contributed by atoms with Gasteiger partial charge in [-0.2, -0.15) is 5.26 Å². The van der Waals surface area contributed by atoms with E-state index in [4.69, 9.17) is 19.5 Å². The van der Waals surface area contributed by atoms with Gasteiger partial charge in [-0.1, -0.05) is 19.9 Å². The summed E-state index contributed by atoms with van der Waals surface area (Å²) in [4.78, 5) is 11.9. The molecular weight excluding hydrogens is 282 g/mol. The van der Waals surface area contributed by atoms with Crippen molar-refractivity contribution in [3.63, 3.8) is 0 Å². The Morgan fingerprint density at radius 2 is 1.95 bits per heavy atom. The van der Waals surface area contributed by atoms with E-state index in [2.05, 4.69) is 0 Å². The zero-order chi connectivity index (χ0) is 16.5. The fourth-order valence-corrected chi connectivity index (χ4v) is 1.71. The lowest BCUT2D eigenvalue weighted by Gasteiger charge is -2.08. The Morgan fingerprint density at radius 3 is 2.50 bits per heavy atom. The second-order valence-electron chi connectivity index (χ2n) is 5.10. The molecule has 0 heterocycles. The van der Waals surface area contributed by atoms with Gasteiger partial charge in [0.25, 0.3) is 0 Å². The van der Waals surface area contributed by atoms with Crippen LogP contribution in [-0.4, -0.2) is 26.8 Å². The monoisotopic (exact) mass is 303 g/mol. The summed E-state index contributed by atoms with van der Waals surface area (Å²) in [5, 5.41) is 9.12. The normalized spacial score (nSPS) is 11.0. The van der Waals surface area contributed by atoms with Crippen LogP contribution in [0.1, 0.15) is 25.8 Å². The van der Waals surface area contributed by atoms with Crippen molar-refractivity contribution in [2.75, 3.05) is 20.8 Å². The molecule has 5 heteroatoms. The van der Waals surface area contributed by atoms with Crippen molar-refractivity contribution in [1.29, 1.82) is 5.26 Å². The Morgan fingerprint density at radius 1 is 1.27 bits per heavy atom. The van der Waals surface area contributed by atoms with E-state index >= 15 is 0 Å². The van der Waals surface area contributed by atoms with Gasteiger partial charge < -0.3 is 14.2 Å². The van der Waals surface area contributed by atoms with Crippen LogP contribution >= 0.6 is 0 Å². The molecule has 0 saturated carbocycles. The molecule has 1 rings (SSSR count). The highest BCUT2D eigenvalue weighted by Gasteiger charge is 2.12. The van der Waals surface area contributed by atoms with Crippen molar-refractivity contribution >= 4 is 12.0 Å². The molecule has 0 aliphatic rings. The van der Waals surface area contributed by atoms with Gasteiger partial charge >= 0.3 is 5.97 Å². The third-order valence-electron chi connectivity index (χ3n) is 2.99. The largest absolute Gasteiger partial charge is 0.493 e. The van der Waals surface area contributed by atoms with Crippen LogP contribution in [0.3, 0.4) is 0 Å². The van der Waals surface area contributed by atoms with Crippen molar-refractivity contribution in [3.05, 3.63) is 29.3 Å². The lowest BCUT2D eigenvalue weighted by molar-refractivity contribution is -0.138. The highest BCUT2D eigenvalue weighted by Crippen LogP contribution is 2.28. The van der Waals surface area contributed by atoms with Gasteiger partial charge in [0.15, 0.2) is 11.5 Å². The number of hydrogen-bond donors (Lipinski definition) is 0. The van der Waals surface area contributed by atoms with Gasteiger partial charge in [-0.15, -0.1) is 0 Å². The van der Waals surface area contributed by atoms with E-state index in [0.717, 1.165) is 6.42 Å². The molecule has 118 valence electrons. The van der Waals surface area contributed by atoms with Gasteiger partial charge in [0.1, 0.15) is 11.6 Å². The van der Waals surface area contributed by atoms with Crippen molar-refractivity contribution in [2.45, 2.75) is 20.3 Å². The predicted molar refractivity (Wildman–Crippen MR) is 83.6 cm³/mol. The maximum atomic E-state index is 11.9. The van der Waals surface area contributed by atoms with Crippen LogP contribution in [0.15, 0.2) is 23.8 Å². The second kappa shape index (κ2) is 8.73. The average molecular weight is 303 g/mol. The van der Waals surface area contributed by atoms with Crippen LogP contribution in [0.25, 0.3) is 6.08 Å². The number of nitriles is 1. The molecule has 0 N–H and O–H groups in total. The molecular formula is C17H21NO4. The van der Waals surface area contributed by atoms with E-state index in [0.29, 0.717) is 29.6 Å². The van der Waals surface area contributed by atoms with Crippen molar-refractivity contribution in [3.8, 4) is 17.6 Å². The molecule has 0 saturated heterocycles. The summed E-state index contributed by atoms with van der Waals surface area (Å²) < 4.78 is 15.4. The first kappa shape index (κ1) is 17.6. The molecule has 0 bridgehead atoms. The summed E-state index contributed by atoms with van der Waals surface area (Å²) >= 11 is 0. The van der Waals surface area contributed by atoms with E-state index in [1.54, 1.807) is 25.3 Å². The zero-order valence-corrected chi connectivity index (χ0v) is 13.4. The first-order valence-corrected chi connectivity index (χ1v) is 7.02. The van der Waals surface area contributed by atoms with E-state index in [1.807, 2.05) is 19.9 Å². The molecule has 0 aromatic heterocycles. The van der Waals surface area contributed by atoms with E-state index in [1.165, 1.54) is 13.2 Å².